The predicted molar refractivity (Wildman–Crippen MR) is 116 cm³/mol. The van der Waals surface area contributed by atoms with Crippen LogP contribution in [0.4, 0.5) is 0 Å². The van der Waals surface area contributed by atoms with Crippen molar-refractivity contribution in [2.75, 3.05) is 20.3 Å². The van der Waals surface area contributed by atoms with E-state index in [0.717, 1.165) is 6.42 Å². The lowest BCUT2D eigenvalue weighted by atomic mass is 9.59. The molecule has 4 nitrogen and oxygen atoms in total. The first kappa shape index (κ1) is 18.7. The van der Waals surface area contributed by atoms with Crippen molar-refractivity contribution in [3.05, 3.63) is 95.1 Å². The van der Waals surface area contributed by atoms with Crippen LogP contribution < -0.4 is 14.8 Å². The van der Waals surface area contributed by atoms with Gasteiger partial charge in [-0.2, -0.15) is 0 Å². The number of amides is 1. The maximum Gasteiger partial charge on any atom is 0.257 e. The normalized spacial score (nSPS) is 20.8. The summed E-state index contributed by atoms with van der Waals surface area (Å²) in [7, 11) is 1.59. The van der Waals surface area contributed by atoms with Gasteiger partial charge in [0.15, 0.2) is 18.1 Å². The highest BCUT2D eigenvalue weighted by Crippen LogP contribution is 2.55. The summed E-state index contributed by atoms with van der Waals surface area (Å²) in [6.07, 6.45) is 1.06. The van der Waals surface area contributed by atoms with E-state index in [1.54, 1.807) is 13.2 Å². The first-order valence-electron chi connectivity index (χ1n) is 10.5. The molecule has 3 aliphatic carbocycles. The minimum Gasteiger partial charge on any atom is -0.493 e. The van der Waals surface area contributed by atoms with Crippen LogP contribution in [0.15, 0.2) is 72.8 Å². The molecular formula is C26H25NO3. The van der Waals surface area contributed by atoms with E-state index in [1.165, 1.54) is 22.3 Å². The van der Waals surface area contributed by atoms with E-state index in [9.17, 15) is 4.79 Å². The summed E-state index contributed by atoms with van der Waals surface area (Å²) >= 11 is 0. The molecule has 0 saturated heterocycles. The lowest BCUT2D eigenvalue weighted by Crippen LogP contribution is -2.40. The third-order valence-corrected chi connectivity index (χ3v) is 6.41. The maximum absolute atomic E-state index is 12.5. The lowest BCUT2D eigenvalue weighted by Gasteiger charge is -2.45. The molecule has 6 rings (SSSR count). The van der Waals surface area contributed by atoms with Crippen LogP contribution in [0, 0.1) is 5.92 Å². The number of benzene rings is 3. The van der Waals surface area contributed by atoms with Crippen molar-refractivity contribution in [2.45, 2.75) is 18.3 Å². The highest BCUT2D eigenvalue weighted by molar-refractivity contribution is 5.77. The highest BCUT2D eigenvalue weighted by atomic mass is 16.5. The van der Waals surface area contributed by atoms with Crippen LogP contribution in [0.2, 0.25) is 0 Å². The van der Waals surface area contributed by atoms with Crippen molar-refractivity contribution in [1.29, 1.82) is 0 Å². The third kappa shape index (κ3) is 3.22. The van der Waals surface area contributed by atoms with Gasteiger partial charge in [-0.1, -0.05) is 60.7 Å². The number of para-hydroxylation sites is 2. The Hall–Kier alpha value is -3.27. The molecule has 1 amide bonds. The van der Waals surface area contributed by atoms with Gasteiger partial charge in [-0.25, -0.2) is 0 Å². The average molecular weight is 399 g/mol. The van der Waals surface area contributed by atoms with Gasteiger partial charge in [0.05, 0.1) is 7.11 Å². The molecule has 3 aliphatic rings. The van der Waals surface area contributed by atoms with Gasteiger partial charge in [-0.15, -0.1) is 0 Å². The van der Waals surface area contributed by atoms with E-state index < -0.39 is 0 Å². The number of carbonyl (C=O) groups excluding carboxylic acids is 1. The molecule has 0 aliphatic heterocycles. The monoisotopic (exact) mass is 399 g/mol. The fourth-order valence-corrected chi connectivity index (χ4v) is 5.14. The van der Waals surface area contributed by atoms with Gasteiger partial charge in [0.25, 0.3) is 5.91 Å². The van der Waals surface area contributed by atoms with E-state index in [0.29, 0.717) is 35.8 Å². The van der Waals surface area contributed by atoms with Crippen LogP contribution in [0.1, 0.15) is 40.5 Å². The van der Waals surface area contributed by atoms with Crippen LogP contribution in [0.3, 0.4) is 0 Å². The fourth-order valence-electron chi connectivity index (χ4n) is 5.14. The standard InChI is InChI=1S/C26H25NO3/c1-29-23-12-6-7-13-24(23)30-16-25(28)27-15-17-14-22-18-8-2-4-10-20(18)26(17)21-11-5-3-9-19(21)22/h2-13,17,22,26H,14-16H2,1H3,(H,27,28). The topological polar surface area (TPSA) is 47.6 Å². The Kier molecular flexibility index (Phi) is 4.91. The molecule has 3 aromatic carbocycles. The van der Waals surface area contributed by atoms with Crippen molar-refractivity contribution < 1.29 is 14.3 Å². The van der Waals surface area contributed by atoms with Crippen molar-refractivity contribution in [2.24, 2.45) is 5.92 Å². The molecule has 30 heavy (non-hydrogen) atoms. The Bertz CT molecular complexity index is 1030. The number of hydrogen-bond acceptors (Lipinski definition) is 3. The zero-order valence-corrected chi connectivity index (χ0v) is 17.0. The predicted octanol–water partition coefficient (Wildman–Crippen LogP) is 4.49. The van der Waals surface area contributed by atoms with Crippen LogP contribution in [0.5, 0.6) is 11.5 Å². The zero-order valence-electron chi connectivity index (χ0n) is 17.0. The molecule has 3 aromatic rings. The molecule has 0 saturated carbocycles. The van der Waals surface area contributed by atoms with Crippen molar-refractivity contribution in [3.8, 4) is 11.5 Å². The second kappa shape index (κ2) is 7.86. The van der Waals surface area contributed by atoms with E-state index in [-0.39, 0.29) is 12.5 Å². The van der Waals surface area contributed by atoms with Crippen LogP contribution in [-0.2, 0) is 4.79 Å². The minimum absolute atomic E-state index is 0.0195. The largest absolute Gasteiger partial charge is 0.493 e. The van der Waals surface area contributed by atoms with E-state index in [2.05, 4.69) is 53.8 Å². The zero-order chi connectivity index (χ0) is 20.5. The molecule has 0 spiro atoms. The SMILES string of the molecule is COc1ccccc1OCC(=O)NCC1CC2c3ccccc3C1c1ccccc12. The summed E-state index contributed by atoms with van der Waals surface area (Å²) in [4.78, 5) is 12.5. The van der Waals surface area contributed by atoms with Gasteiger partial charge in [0, 0.05) is 18.4 Å². The van der Waals surface area contributed by atoms with Crippen LogP contribution in [0.25, 0.3) is 0 Å². The molecule has 0 fully saturated rings. The second-order valence-corrected chi connectivity index (χ2v) is 8.03. The minimum atomic E-state index is -0.107. The first-order valence-corrected chi connectivity index (χ1v) is 10.5. The molecule has 1 atom stereocenters. The van der Waals surface area contributed by atoms with E-state index in [1.807, 2.05) is 18.2 Å². The summed E-state index contributed by atoms with van der Waals surface area (Å²) in [6.45, 7) is 0.631. The van der Waals surface area contributed by atoms with Gasteiger partial charge in [-0.3, -0.25) is 4.79 Å². The number of carbonyl (C=O) groups is 1. The number of methoxy groups -OCH3 is 1. The Balaban J connectivity index is 1.28. The number of ether oxygens (including phenoxy) is 2. The molecule has 0 radical (unpaired) electrons. The highest BCUT2D eigenvalue weighted by Gasteiger charge is 2.42. The fraction of sp³-hybridized carbons (Fsp3) is 0.269. The lowest BCUT2D eigenvalue weighted by molar-refractivity contribution is -0.123. The Labute approximate surface area is 176 Å². The first-order chi connectivity index (χ1) is 14.8. The summed E-state index contributed by atoms with van der Waals surface area (Å²) in [5.74, 6) is 2.23. The van der Waals surface area contributed by atoms with Gasteiger partial charge in [-0.05, 0) is 46.7 Å². The van der Waals surface area contributed by atoms with Gasteiger partial charge in [0.1, 0.15) is 0 Å². The van der Waals surface area contributed by atoms with Crippen molar-refractivity contribution in [3.63, 3.8) is 0 Å². The Morgan fingerprint density at radius 3 is 2.07 bits per heavy atom. The van der Waals surface area contributed by atoms with Crippen molar-refractivity contribution in [1.82, 2.24) is 5.32 Å². The molecular weight excluding hydrogens is 374 g/mol. The summed E-state index contributed by atoms with van der Waals surface area (Å²) < 4.78 is 10.9. The second-order valence-electron chi connectivity index (χ2n) is 8.03. The maximum atomic E-state index is 12.5. The van der Waals surface area contributed by atoms with Gasteiger partial charge >= 0.3 is 0 Å². The van der Waals surface area contributed by atoms with Crippen LogP contribution >= 0.6 is 0 Å². The molecule has 0 heterocycles. The molecule has 4 heteroatoms. The summed E-state index contributed by atoms with van der Waals surface area (Å²) in [5, 5.41) is 3.10. The third-order valence-electron chi connectivity index (χ3n) is 6.41. The van der Waals surface area contributed by atoms with E-state index in [4.69, 9.17) is 9.47 Å². The molecule has 0 aromatic heterocycles. The molecule has 2 bridgehead atoms. The van der Waals surface area contributed by atoms with Crippen molar-refractivity contribution >= 4 is 5.91 Å². The quantitative estimate of drug-likeness (QED) is 0.664. The molecule has 1 N–H and O–H groups in total. The van der Waals surface area contributed by atoms with Gasteiger partial charge in [0.2, 0.25) is 0 Å². The number of rotatable bonds is 6. The van der Waals surface area contributed by atoms with Gasteiger partial charge < -0.3 is 14.8 Å². The average Bonchev–Trinajstić information content (AvgIpc) is 2.81. The van der Waals surface area contributed by atoms with E-state index >= 15 is 0 Å². The molecule has 152 valence electrons. The number of nitrogens with one attached hydrogen (secondary N) is 1. The number of fused-ring (bicyclic) bond motifs is 1. The Morgan fingerprint density at radius 2 is 1.43 bits per heavy atom. The Morgan fingerprint density at radius 1 is 0.867 bits per heavy atom. The summed E-state index contributed by atoms with van der Waals surface area (Å²) in [6, 6.07) is 24.9. The van der Waals surface area contributed by atoms with Crippen LogP contribution in [-0.4, -0.2) is 26.2 Å². The molecule has 1 unspecified atom stereocenters. The number of hydrogen-bond donors (Lipinski definition) is 1. The smallest absolute Gasteiger partial charge is 0.257 e. The summed E-state index contributed by atoms with van der Waals surface area (Å²) in [5.41, 5.74) is 5.72.